The Bertz CT molecular complexity index is 511. The lowest BCUT2D eigenvalue weighted by atomic mass is 9.99. The minimum Gasteiger partial charge on any atom is -0.481 e. The molecule has 2 rings (SSSR count). The van der Waals surface area contributed by atoms with Crippen molar-refractivity contribution in [3.8, 4) is 0 Å². The monoisotopic (exact) mass is 234 g/mol. The highest BCUT2D eigenvalue weighted by atomic mass is 19.1. The smallest absolute Gasteiger partial charge is 0.312 e. The Hall–Kier alpha value is -2.17. The van der Waals surface area contributed by atoms with E-state index >= 15 is 0 Å². The van der Waals surface area contributed by atoms with Gasteiger partial charge in [0.05, 0.1) is 6.54 Å². The Morgan fingerprint density at radius 2 is 2.18 bits per heavy atom. The fourth-order valence-electron chi connectivity index (χ4n) is 1.66. The molecule has 0 aliphatic rings. The van der Waals surface area contributed by atoms with Crippen molar-refractivity contribution in [1.29, 1.82) is 0 Å². The van der Waals surface area contributed by atoms with Crippen LogP contribution in [0.25, 0.3) is 0 Å². The molecule has 2 aromatic rings. The Balaban J connectivity index is 2.30. The fourth-order valence-corrected chi connectivity index (χ4v) is 1.66. The zero-order valence-corrected chi connectivity index (χ0v) is 8.95. The third kappa shape index (κ3) is 2.50. The molecule has 4 nitrogen and oxygen atoms in total. The van der Waals surface area contributed by atoms with E-state index < -0.39 is 17.7 Å². The van der Waals surface area contributed by atoms with E-state index in [9.17, 15) is 9.18 Å². The summed E-state index contributed by atoms with van der Waals surface area (Å²) >= 11 is 0. The van der Waals surface area contributed by atoms with Crippen molar-refractivity contribution in [3.63, 3.8) is 0 Å². The van der Waals surface area contributed by atoms with Crippen LogP contribution >= 0.6 is 0 Å². The van der Waals surface area contributed by atoms with Gasteiger partial charge < -0.3 is 5.11 Å². The molecule has 5 heteroatoms. The third-order valence-corrected chi connectivity index (χ3v) is 2.51. The predicted octanol–water partition coefficient (Wildman–Crippen LogP) is 1.89. The van der Waals surface area contributed by atoms with Gasteiger partial charge in [-0.3, -0.25) is 9.48 Å². The van der Waals surface area contributed by atoms with E-state index in [0.717, 1.165) is 0 Å². The minimum atomic E-state index is -1.06. The van der Waals surface area contributed by atoms with Crippen molar-refractivity contribution in [3.05, 3.63) is 54.1 Å². The van der Waals surface area contributed by atoms with Crippen LogP contribution in [0.15, 0.2) is 42.7 Å². The van der Waals surface area contributed by atoms with Gasteiger partial charge in [0.1, 0.15) is 11.7 Å². The van der Waals surface area contributed by atoms with Crippen LogP contribution in [-0.2, 0) is 11.3 Å². The quantitative estimate of drug-likeness (QED) is 0.878. The first kappa shape index (κ1) is 11.3. The molecule has 0 radical (unpaired) electrons. The molecule has 1 atom stereocenters. The molecule has 1 aromatic heterocycles. The van der Waals surface area contributed by atoms with Crippen molar-refractivity contribution in [2.75, 3.05) is 0 Å². The van der Waals surface area contributed by atoms with Gasteiger partial charge in [0.15, 0.2) is 0 Å². The van der Waals surface area contributed by atoms with Gasteiger partial charge in [-0.15, -0.1) is 0 Å². The van der Waals surface area contributed by atoms with E-state index in [1.807, 2.05) is 0 Å². The van der Waals surface area contributed by atoms with E-state index in [1.165, 1.54) is 22.9 Å². The molecule has 1 aromatic carbocycles. The lowest BCUT2D eigenvalue weighted by Gasteiger charge is -2.13. The molecular formula is C12H11FN2O2. The molecule has 0 saturated heterocycles. The highest BCUT2D eigenvalue weighted by molar-refractivity contribution is 5.76. The largest absolute Gasteiger partial charge is 0.481 e. The topological polar surface area (TPSA) is 55.1 Å². The second-order valence-electron chi connectivity index (χ2n) is 3.64. The van der Waals surface area contributed by atoms with Gasteiger partial charge in [-0.2, -0.15) is 5.10 Å². The molecule has 88 valence electrons. The van der Waals surface area contributed by atoms with E-state index in [4.69, 9.17) is 5.11 Å². The number of hydrogen-bond acceptors (Lipinski definition) is 2. The highest BCUT2D eigenvalue weighted by Gasteiger charge is 2.23. The van der Waals surface area contributed by atoms with Gasteiger partial charge >= 0.3 is 5.97 Å². The number of aromatic nitrogens is 2. The van der Waals surface area contributed by atoms with Crippen molar-refractivity contribution < 1.29 is 14.3 Å². The summed E-state index contributed by atoms with van der Waals surface area (Å²) in [5.74, 6) is -2.51. The number of carbonyl (C=O) groups is 1. The lowest BCUT2D eigenvalue weighted by Crippen LogP contribution is -2.19. The van der Waals surface area contributed by atoms with Crippen molar-refractivity contribution in [2.24, 2.45) is 0 Å². The fraction of sp³-hybridized carbons (Fsp3) is 0.167. The number of nitrogens with zero attached hydrogens (tertiary/aromatic N) is 2. The summed E-state index contributed by atoms with van der Waals surface area (Å²) in [6, 6.07) is 7.59. The first-order chi connectivity index (χ1) is 8.18. The number of hydrogen-bond donors (Lipinski definition) is 1. The molecular weight excluding hydrogens is 223 g/mol. The van der Waals surface area contributed by atoms with Crippen molar-refractivity contribution in [2.45, 2.75) is 12.5 Å². The average Bonchev–Trinajstić information content (AvgIpc) is 2.79. The first-order valence-electron chi connectivity index (χ1n) is 5.13. The van der Waals surface area contributed by atoms with Crippen LogP contribution in [0.2, 0.25) is 0 Å². The second kappa shape index (κ2) is 4.78. The normalized spacial score (nSPS) is 12.3. The molecule has 0 saturated carbocycles. The molecule has 0 fully saturated rings. The number of benzene rings is 1. The lowest BCUT2D eigenvalue weighted by molar-refractivity contribution is -0.139. The zero-order chi connectivity index (χ0) is 12.3. The second-order valence-corrected chi connectivity index (χ2v) is 3.64. The summed E-state index contributed by atoms with van der Waals surface area (Å²) in [6.45, 7) is 0.114. The van der Waals surface area contributed by atoms with Gasteiger partial charge in [0.25, 0.3) is 0 Å². The van der Waals surface area contributed by atoms with Gasteiger partial charge in [0.2, 0.25) is 0 Å². The van der Waals surface area contributed by atoms with Crippen LogP contribution in [-0.4, -0.2) is 20.9 Å². The van der Waals surface area contributed by atoms with Gasteiger partial charge in [-0.1, -0.05) is 18.2 Å². The molecule has 1 heterocycles. The van der Waals surface area contributed by atoms with Gasteiger partial charge in [-0.05, 0) is 12.1 Å². The number of aliphatic carboxylic acids is 1. The highest BCUT2D eigenvalue weighted by Crippen LogP contribution is 2.21. The summed E-state index contributed by atoms with van der Waals surface area (Å²) in [4.78, 5) is 11.2. The summed E-state index contributed by atoms with van der Waals surface area (Å²) in [5, 5.41) is 13.1. The molecule has 0 bridgehead atoms. The summed E-state index contributed by atoms with van der Waals surface area (Å²) in [5.41, 5.74) is 0.176. The molecule has 0 amide bonds. The Labute approximate surface area is 97.3 Å². The Kier molecular flexibility index (Phi) is 3.18. The molecule has 1 unspecified atom stereocenters. The van der Waals surface area contributed by atoms with Crippen molar-refractivity contribution in [1.82, 2.24) is 9.78 Å². The van der Waals surface area contributed by atoms with E-state index in [0.29, 0.717) is 0 Å². The maximum absolute atomic E-state index is 13.5. The Morgan fingerprint density at radius 3 is 2.76 bits per heavy atom. The van der Waals surface area contributed by atoms with E-state index in [2.05, 4.69) is 5.10 Å². The zero-order valence-electron chi connectivity index (χ0n) is 8.95. The standard InChI is InChI=1S/C12H11FN2O2/c13-11-5-2-1-4-9(11)10(12(16)17)8-15-7-3-6-14-15/h1-7,10H,8H2,(H,16,17). The van der Waals surface area contributed by atoms with Crippen LogP contribution in [0.5, 0.6) is 0 Å². The van der Waals surface area contributed by atoms with Crippen LogP contribution in [0.3, 0.4) is 0 Å². The first-order valence-corrected chi connectivity index (χ1v) is 5.13. The van der Waals surface area contributed by atoms with Gasteiger partial charge in [0, 0.05) is 18.0 Å². The minimum absolute atomic E-state index is 0.114. The third-order valence-electron chi connectivity index (χ3n) is 2.51. The SMILES string of the molecule is O=C(O)C(Cn1cccn1)c1ccccc1F. The maximum atomic E-state index is 13.5. The number of carboxylic acid groups (broad SMARTS) is 1. The molecule has 0 aliphatic heterocycles. The maximum Gasteiger partial charge on any atom is 0.312 e. The number of rotatable bonds is 4. The Morgan fingerprint density at radius 1 is 1.41 bits per heavy atom. The van der Waals surface area contributed by atoms with Crippen LogP contribution < -0.4 is 0 Å². The predicted molar refractivity (Wildman–Crippen MR) is 59.0 cm³/mol. The average molecular weight is 234 g/mol. The summed E-state index contributed by atoms with van der Waals surface area (Å²) in [6.07, 6.45) is 3.21. The van der Waals surface area contributed by atoms with Crippen LogP contribution in [0.4, 0.5) is 4.39 Å². The molecule has 0 aliphatic carbocycles. The summed E-state index contributed by atoms with van der Waals surface area (Å²) < 4.78 is 15.0. The number of halogens is 1. The van der Waals surface area contributed by atoms with E-state index in [-0.39, 0.29) is 12.1 Å². The number of carboxylic acids is 1. The van der Waals surface area contributed by atoms with E-state index in [1.54, 1.807) is 24.5 Å². The molecule has 17 heavy (non-hydrogen) atoms. The van der Waals surface area contributed by atoms with Gasteiger partial charge in [-0.25, -0.2) is 4.39 Å². The molecule has 0 spiro atoms. The summed E-state index contributed by atoms with van der Waals surface area (Å²) in [7, 11) is 0. The van der Waals surface area contributed by atoms with Crippen molar-refractivity contribution >= 4 is 5.97 Å². The van der Waals surface area contributed by atoms with Crippen LogP contribution in [0, 0.1) is 5.82 Å². The van der Waals surface area contributed by atoms with Crippen LogP contribution in [0.1, 0.15) is 11.5 Å². The molecule has 1 N–H and O–H groups in total.